The van der Waals surface area contributed by atoms with Crippen molar-refractivity contribution in [3.8, 4) is 0 Å². The van der Waals surface area contributed by atoms with E-state index in [2.05, 4.69) is 12.1 Å². The normalized spacial score (nSPS) is 18.7. The second-order valence-electron chi connectivity index (χ2n) is 5.93. The topological polar surface area (TPSA) is 20.3 Å². The minimum atomic E-state index is -4.44. The Morgan fingerprint density at radius 2 is 1.80 bits per heavy atom. The monoisotopic (exact) mass is 365 g/mol. The summed E-state index contributed by atoms with van der Waals surface area (Å²) in [6.07, 6.45) is -3.65. The maximum atomic E-state index is 12.8. The second kappa shape index (κ2) is 7.52. The molecule has 0 saturated carbocycles. The first-order valence-corrected chi connectivity index (χ1v) is 9.13. The van der Waals surface area contributed by atoms with Crippen LogP contribution in [-0.2, 0) is 6.18 Å². The van der Waals surface area contributed by atoms with Crippen LogP contribution in [0.4, 0.5) is 13.2 Å². The molecule has 1 fully saturated rings. The molecule has 0 N–H and O–H groups in total. The van der Waals surface area contributed by atoms with Gasteiger partial charge in [0.1, 0.15) is 0 Å². The van der Waals surface area contributed by atoms with E-state index in [1.165, 1.54) is 17.7 Å². The third-order valence-corrected chi connectivity index (χ3v) is 5.57. The summed E-state index contributed by atoms with van der Waals surface area (Å²) in [7, 11) is 0. The van der Waals surface area contributed by atoms with Gasteiger partial charge in [0.2, 0.25) is 0 Å². The molecule has 1 saturated heterocycles. The number of carbonyl (C=O) groups is 1. The van der Waals surface area contributed by atoms with Gasteiger partial charge in [-0.1, -0.05) is 36.4 Å². The molecule has 0 spiro atoms. The maximum Gasteiger partial charge on any atom is 0.416 e. The minimum absolute atomic E-state index is 0.0954. The van der Waals surface area contributed by atoms with E-state index in [4.69, 9.17) is 0 Å². The van der Waals surface area contributed by atoms with E-state index in [0.29, 0.717) is 18.3 Å². The molecule has 0 unspecified atom stereocenters. The zero-order valence-electron chi connectivity index (χ0n) is 13.5. The van der Waals surface area contributed by atoms with E-state index in [0.717, 1.165) is 24.3 Å². The van der Waals surface area contributed by atoms with E-state index < -0.39 is 11.7 Å². The summed E-state index contributed by atoms with van der Waals surface area (Å²) in [6.45, 7) is 1.09. The first-order chi connectivity index (χ1) is 11.9. The average molecular weight is 365 g/mol. The predicted molar refractivity (Wildman–Crippen MR) is 93.6 cm³/mol. The lowest BCUT2D eigenvalue weighted by atomic mass is 10.1. The van der Waals surface area contributed by atoms with Crippen molar-refractivity contribution in [3.63, 3.8) is 0 Å². The first kappa shape index (κ1) is 17.9. The van der Waals surface area contributed by atoms with Crippen molar-refractivity contribution in [3.05, 3.63) is 71.3 Å². The molecule has 132 valence electrons. The van der Waals surface area contributed by atoms with Crippen LogP contribution in [0.25, 0.3) is 0 Å². The highest BCUT2D eigenvalue weighted by Gasteiger charge is 2.31. The van der Waals surface area contributed by atoms with Crippen LogP contribution in [0.3, 0.4) is 0 Å². The SMILES string of the molecule is O=C(c1cccc(C(F)(F)F)c1)N1CCS[C@@H](c2ccccc2)CC1. The molecule has 3 rings (SSSR count). The highest BCUT2D eigenvalue weighted by Crippen LogP contribution is 2.35. The number of carbonyl (C=O) groups excluding carboxylic acids is 1. The number of hydrogen-bond acceptors (Lipinski definition) is 2. The molecule has 2 nitrogen and oxygen atoms in total. The third kappa shape index (κ3) is 4.37. The van der Waals surface area contributed by atoms with Crippen LogP contribution >= 0.6 is 11.8 Å². The molecule has 1 atom stereocenters. The van der Waals surface area contributed by atoms with Crippen LogP contribution in [0.2, 0.25) is 0 Å². The fourth-order valence-electron chi connectivity index (χ4n) is 2.92. The van der Waals surface area contributed by atoms with Gasteiger partial charge >= 0.3 is 6.18 Å². The van der Waals surface area contributed by atoms with Gasteiger partial charge in [-0.05, 0) is 30.2 Å². The Morgan fingerprint density at radius 1 is 1.04 bits per heavy atom. The zero-order chi connectivity index (χ0) is 17.9. The maximum absolute atomic E-state index is 12.8. The van der Waals surface area contributed by atoms with Gasteiger partial charge in [0.25, 0.3) is 5.91 Å². The molecule has 0 bridgehead atoms. The molecule has 0 aliphatic carbocycles. The summed E-state index contributed by atoms with van der Waals surface area (Å²) in [5, 5.41) is 0.306. The van der Waals surface area contributed by atoms with Crippen LogP contribution in [-0.4, -0.2) is 29.6 Å². The van der Waals surface area contributed by atoms with E-state index in [-0.39, 0.29) is 11.5 Å². The Bertz CT molecular complexity index is 733. The Hall–Kier alpha value is -1.95. The number of thioether (sulfide) groups is 1. The zero-order valence-corrected chi connectivity index (χ0v) is 14.3. The number of alkyl halides is 3. The van der Waals surface area contributed by atoms with E-state index in [1.54, 1.807) is 16.7 Å². The van der Waals surface area contributed by atoms with Crippen LogP contribution < -0.4 is 0 Å². The van der Waals surface area contributed by atoms with Crippen molar-refractivity contribution < 1.29 is 18.0 Å². The van der Waals surface area contributed by atoms with Crippen LogP contribution in [0.5, 0.6) is 0 Å². The molecule has 2 aromatic carbocycles. The first-order valence-electron chi connectivity index (χ1n) is 8.08. The number of benzene rings is 2. The van der Waals surface area contributed by atoms with Crippen LogP contribution in [0.1, 0.15) is 33.2 Å². The molecule has 6 heteroatoms. The summed E-state index contributed by atoms with van der Waals surface area (Å²) in [6, 6.07) is 14.8. The second-order valence-corrected chi connectivity index (χ2v) is 7.24. The third-order valence-electron chi connectivity index (χ3n) is 4.24. The molecule has 0 radical (unpaired) electrons. The molecule has 1 amide bonds. The summed E-state index contributed by atoms with van der Waals surface area (Å²) < 4.78 is 38.5. The fraction of sp³-hybridized carbons (Fsp3) is 0.316. The highest BCUT2D eigenvalue weighted by atomic mass is 32.2. The number of hydrogen-bond donors (Lipinski definition) is 0. The van der Waals surface area contributed by atoms with Gasteiger partial charge in [0.15, 0.2) is 0 Å². The largest absolute Gasteiger partial charge is 0.416 e. The molecular weight excluding hydrogens is 347 g/mol. The van der Waals surface area contributed by atoms with Crippen molar-refractivity contribution >= 4 is 17.7 Å². The lowest BCUT2D eigenvalue weighted by Crippen LogP contribution is -2.33. The van der Waals surface area contributed by atoms with Gasteiger partial charge in [-0.15, -0.1) is 0 Å². The van der Waals surface area contributed by atoms with Gasteiger partial charge in [0, 0.05) is 29.7 Å². The number of amides is 1. The van der Waals surface area contributed by atoms with Gasteiger partial charge in [-0.3, -0.25) is 4.79 Å². The van der Waals surface area contributed by atoms with E-state index >= 15 is 0 Å². The number of nitrogens with zero attached hydrogens (tertiary/aromatic N) is 1. The summed E-state index contributed by atoms with van der Waals surface area (Å²) >= 11 is 1.79. The Labute approximate surface area is 149 Å². The molecule has 1 heterocycles. The lowest BCUT2D eigenvalue weighted by Gasteiger charge is -2.21. The molecule has 1 aliphatic rings. The van der Waals surface area contributed by atoms with Crippen molar-refractivity contribution in [2.45, 2.75) is 17.8 Å². The Kier molecular flexibility index (Phi) is 5.37. The van der Waals surface area contributed by atoms with E-state index in [1.807, 2.05) is 18.2 Å². The molecule has 2 aromatic rings. The summed E-state index contributed by atoms with van der Waals surface area (Å²) in [5.74, 6) is 0.435. The standard InChI is InChI=1S/C19H18F3NOS/c20-19(21,22)16-8-4-7-15(13-16)18(24)23-10-9-17(25-12-11-23)14-5-2-1-3-6-14/h1-8,13,17H,9-12H2/t17-/m1/s1. The quantitative estimate of drug-likeness (QED) is 0.744. The molecular formula is C19H18F3NOS. The minimum Gasteiger partial charge on any atom is -0.338 e. The van der Waals surface area contributed by atoms with Crippen molar-refractivity contribution in [2.24, 2.45) is 0 Å². The summed E-state index contributed by atoms with van der Waals surface area (Å²) in [4.78, 5) is 14.3. The Balaban J connectivity index is 1.71. The molecule has 1 aliphatic heterocycles. The predicted octanol–water partition coefficient (Wildman–Crippen LogP) is 5.03. The van der Waals surface area contributed by atoms with Gasteiger partial charge in [0.05, 0.1) is 5.56 Å². The van der Waals surface area contributed by atoms with Crippen molar-refractivity contribution in [1.82, 2.24) is 4.90 Å². The number of halogens is 3. The molecule has 0 aromatic heterocycles. The highest BCUT2D eigenvalue weighted by molar-refractivity contribution is 7.99. The van der Waals surface area contributed by atoms with Gasteiger partial charge in [-0.2, -0.15) is 24.9 Å². The summed E-state index contributed by atoms with van der Waals surface area (Å²) in [5.41, 5.74) is 0.531. The number of rotatable bonds is 2. The van der Waals surface area contributed by atoms with Crippen LogP contribution in [0, 0.1) is 0 Å². The fourth-order valence-corrected chi connectivity index (χ4v) is 4.15. The van der Waals surface area contributed by atoms with Gasteiger partial charge in [-0.25, -0.2) is 0 Å². The van der Waals surface area contributed by atoms with E-state index in [9.17, 15) is 18.0 Å². The van der Waals surface area contributed by atoms with Crippen molar-refractivity contribution in [2.75, 3.05) is 18.8 Å². The van der Waals surface area contributed by atoms with Gasteiger partial charge < -0.3 is 4.90 Å². The average Bonchev–Trinajstić information content (AvgIpc) is 2.87. The Morgan fingerprint density at radius 3 is 2.52 bits per heavy atom. The van der Waals surface area contributed by atoms with Crippen LogP contribution in [0.15, 0.2) is 54.6 Å². The van der Waals surface area contributed by atoms with Crippen molar-refractivity contribution in [1.29, 1.82) is 0 Å². The molecule has 25 heavy (non-hydrogen) atoms. The smallest absolute Gasteiger partial charge is 0.338 e. The lowest BCUT2D eigenvalue weighted by molar-refractivity contribution is -0.137.